The molecule has 0 bridgehead atoms. The van der Waals surface area contributed by atoms with E-state index in [9.17, 15) is 4.79 Å². The molecule has 0 spiro atoms. The third-order valence-corrected chi connectivity index (χ3v) is 4.51. The summed E-state index contributed by atoms with van der Waals surface area (Å²) >= 11 is 7.78. The molecular weight excluding hydrogens is 342 g/mol. The monoisotopic (exact) mass is 359 g/mol. The van der Waals surface area contributed by atoms with Crippen LogP contribution >= 0.6 is 23.4 Å². The summed E-state index contributed by atoms with van der Waals surface area (Å²) in [5.74, 6) is -0.274. The Labute approximate surface area is 151 Å². The average molecular weight is 360 g/mol. The van der Waals surface area contributed by atoms with E-state index < -0.39 is 0 Å². The van der Waals surface area contributed by atoms with Gasteiger partial charge in [0, 0.05) is 28.6 Å². The van der Waals surface area contributed by atoms with Gasteiger partial charge in [-0.15, -0.1) is 11.8 Å². The van der Waals surface area contributed by atoms with Crippen molar-refractivity contribution in [3.8, 4) is 0 Å². The summed E-state index contributed by atoms with van der Waals surface area (Å²) in [4.78, 5) is 21.7. The van der Waals surface area contributed by atoms with Crippen molar-refractivity contribution in [2.24, 2.45) is 4.99 Å². The van der Waals surface area contributed by atoms with Crippen molar-refractivity contribution in [2.75, 3.05) is 11.6 Å². The largest absolute Gasteiger partial charge is 0.321 e. The molecule has 0 saturated heterocycles. The number of rotatable bonds is 5. The average Bonchev–Trinajstić information content (AvgIpc) is 2.62. The lowest BCUT2D eigenvalue weighted by atomic mass is 10.2. The van der Waals surface area contributed by atoms with Crippen LogP contribution < -0.4 is 5.32 Å². The van der Waals surface area contributed by atoms with Crippen molar-refractivity contribution in [3.05, 3.63) is 65.1 Å². The Morgan fingerprint density at radius 2 is 1.96 bits per heavy atom. The lowest BCUT2D eigenvalue weighted by Crippen LogP contribution is -2.14. The Balaban J connectivity index is 2.20. The summed E-state index contributed by atoms with van der Waals surface area (Å²) in [6.07, 6.45) is 5.35. The molecule has 0 atom stereocenters. The molecular formula is C18H18ClN3OS. The number of nitrogens with one attached hydrogen (secondary N) is 1. The number of pyridine rings is 1. The van der Waals surface area contributed by atoms with E-state index in [-0.39, 0.29) is 11.1 Å². The van der Waals surface area contributed by atoms with Crippen LogP contribution in [0.15, 0.2) is 69.4 Å². The van der Waals surface area contributed by atoms with Crippen molar-refractivity contribution < 1.29 is 4.79 Å². The molecule has 124 valence electrons. The lowest BCUT2D eigenvalue weighted by molar-refractivity contribution is -0.112. The first-order valence-corrected chi connectivity index (χ1v) is 8.89. The van der Waals surface area contributed by atoms with Crippen molar-refractivity contribution in [1.29, 1.82) is 0 Å². The molecule has 0 aliphatic rings. The van der Waals surface area contributed by atoms with Crippen molar-refractivity contribution in [1.82, 2.24) is 4.98 Å². The quantitative estimate of drug-likeness (QED) is 0.363. The number of halogens is 1. The van der Waals surface area contributed by atoms with Gasteiger partial charge in [0.1, 0.15) is 5.16 Å². The molecule has 2 rings (SSSR count). The highest BCUT2D eigenvalue weighted by Gasteiger charge is 2.12. The van der Waals surface area contributed by atoms with Gasteiger partial charge in [0.15, 0.2) is 0 Å². The Kier molecular flexibility index (Phi) is 6.58. The zero-order chi connectivity index (χ0) is 17.5. The van der Waals surface area contributed by atoms with Gasteiger partial charge in [-0.3, -0.25) is 9.78 Å². The van der Waals surface area contributed by atoms with E-state index >= 15 is 0 Å². The van der Waals surface area contributed by atoms with E-state index in [2.05, 4.69) is 15.3 Å². The van der Waals surface area contributed by atoms with Gasteiger partial charge in [-0.2, -0.15) is 0 Å². The predicted octanol–water partition coefficient (Wildman–Crippen LogP) is 4.72. The number of benzene rings is 1. The van der Waals surface area contributed by atoms with E-state index in [0.29, 0.717) is 11.3 Å². The van der Waals surface area contributed by atoms with Crippen LogP contribution in [0.3, 0.4) is 0 Å². The highest BCUT2D eigenvalue weighted by atomic mass is 35.5. The zero-order valence-electron chi connectivity index (χ0n) is 13.7. The van der Waals surface area contributed by atoms with Crippen LogP contribution in [0.25, 0.3) is 0 Å². The molecule has 1 heterocycles. The van der Waals surface area contributed by atoms with Crippen LogP contribution in [-0.2, 0) is 4.79 Å². The van der Waals surface area contributed by atoms with Gasteiger partial charge in [0.2, 0.25) is 0 Å². The SMILES string of the molecule is CSc1ccccc1NC(=O)/C(C)=C(\Cl)N=C(C)c1cccnc1. The Morgan fingerprint density at radius 1 is 1.21 bits per heavy atom. The highest BCUT2D eigenvalue weighted by Crippen LogP contribution is 2.25. The maximum atomic E-state index is 12.4. The first-order valence-electron chi connectivity index (χ1n) is 7.29. The second-order valence-corrected chi connectivity index (χ2v) is 6.22. The molecule has 2 aromatic rings. The zero-order valence-corrected chi connectivity index (χ0v) is 15.3. The minimum absolute atomic E-state index is 0.162. The van der Waals surface area contributed by atoms with E-state index in [1.54, 1.807) is 31.1 Å². The molecule has 0 radical (unpaired) electrons. The topological polar surface area (TPSA) is 54.4 Å². The number of anilines is 1. The van der Waals surface area contributed by atoms with Crippen molar-refractivity contribution in [3.63, 3.8) is 0 Å². The molecule has 0 aliphatic heterocycles. The second kappa shape index (κ2) is 8.66. The summed E-state index contributed by atoms with van der Waals surface area (Å²) in [5, 5.41) is 3.03. The van der Waals surface area contributed by atoms with Crippen LogP contribution in [0.1, 0.15) is 19.4 Å². The number of carbonyl (C=O) groups is 1. The molecule has 4 nitrogen and oxygen atoms in total. The van der Waals surface area contributed by atoms with E-state index in [0.717, 1.165) is 16.1 Å². The van der Waals surface area contributed by atoms with Gasteiger partial charge in [0.05, 0.1) is 11.3 Å². The first-order chi connectivity index (χ1) is 11.5. The molecule has 1 aromatic heterocycles. The molecule has 6 heteroatoms. The Bertz CT molecular complexity index is 788. The second-order valence-electron chi connectivity index (χ2n) is 5.01. The third-order valence-electron chi connectivity index (χ3n) is 3.35. The van der Waals surface area contributed by atoms with Crippen LogP contribution in [0, 0.1) is 0 Å². The summed E-state index contributed by atoms with van der Waals surface area (Å²) in [6, 6.07) is 11.3. The van der Waals surface area contributed by atoms with Crippen LogP contribution in [0.2, 0.25) is 0 Å². The molecule has 1 amide bonds. The fourth-order valence-electron chi connectivity index (χ4n) is 1.93. The maximum Gasteiger partial charge on any atom is 0.254 e. The highest BCUT2D eigenvalue weighted by molar-refractivity contribution is 7.98. The number of hydrogen-bond acceptors (Lipinski definition) is 4. The summed E-state index contributed by atoms with van der Waals surface area (Å²) in [7, 11) is 0. The smallest absolute Gasteiger partial charge is 0.254 e. The Hall–Kier alpha value is -2.11. The lowest BCUT2D eigenvalue weighted by Gasteiger charge is -2.10. The normalized spacial score (nSPS) is 12.6. The molecule has 1 N–H and O–H groups in total. The first kappa shape index (κ1) is 18.2. The number of nitrogens with zero attached hydrogens (tertiary/aromatic N) is 2. The van der Waals surface area contributed by atoms with Crippen LogP contribution in [-0.4, -0.2) is 22.9 Å². The number of para-hydroxylation sites is 1. The number of aliphatic imine (C=N–C) groups is 1. The molecule has 24 heavy (non-hydrogen) atoms. The summed E-state index contributed by atoms with van der Waals surface area (Å²) in [6.45, 7) is 3.48. The number of thioether (sulfide) groups is 1. The minimum Gasteiger partial charge on any atom is -0.321 e. The minimum atomic E-state index is -0.274. The van der Waals surface area contributed by atoms with E-state index in [1.807, 2.05) is 49.6 Å². The van der Waals surface area contributed by atoms with Crippen LogP contribution in [0.5, 0.6) is 0 Å². The number of carbonyl (C=O) groups excluding carboxylic acids is 1. The van der Waals surface area contributed by atoms with Gasteiger partial charge < -0.3 is 5.32 Å². The number of amides is 1. The van der Waals surface area contributed by atoms with Gasteiger partial charge in [-0.25, -0.2) is 4.99 Å². The summed E-state index contributed by atoms with van der Waals surface area (Å²) in [5.41, 5.74) is 2.67. The molecule has 1 aromatic carbocycles. The van der Waals surface area contributed by atoms with Gasteiger partial charge in [0.25, 0.3) is 5.91 Å². The maximum absolute atomic E-state index is 12.4. The van der Waals surface area contributed by atoms with Gasteiger partial charge in [-0.1, -0.05) is 29.8 Å². The Morgan fingerprint density at radius 3 is 2.62 bits per heavy atom. The van der Waals surface area contributed by atoms with Crippen molar-refractivity contribution >= 4 is 40.7 Å². The predicted molar refractivity (Wildman–Crippen MR) is 102 cm³/mol. The van der Waals surface area contributed by atoms with Gasteiger partial charge >= 0.3 is 0 Å². The molecule has 0 unspecified atom stereocenters. The molecule has 0 saturated carbocycles. The third kappa shape index (κ3) is 4.69. The van der Waals surface area contributed by atoms with Crippen molar-refractivity contribution in [2.45, 2.75) is 18.7 Å². The molecule has 0 fully saturated rings. The fourth-order valence-corrected chi connectivity index (χ4v) is 2.70. The van der Waals surface area contributed by atoms with Crippen LogP contribution in [0.4, 0.5) is 5.69 Å². The number of aromatic nitrogens is 1. The van der Waals surface area contributed by atoms with Gasteiger partial charge in [-0.05, 0) is 38.3 Å². The van der Waals surface area contributed by atoms with E-state index in [4.69, 9.17) is 11.6 Å². The summed E-state index contributed by atoms with van der Waals surface area (Å²) < 4.78 is 0. The standard InChI is InChI=1S/C18H18ClN3OS/c1-12(17(19)21-13(2)14-7-6-10-20-11-14)18(23)22-15-8-4-5-9-16(15)24-3/h4-11H,1-3H3,(H,22,23)/b17-12+,21-13?. The fraction of sp³-hybridized carbons (Fsp3) is 0.167. The van der Waals surface area contributed by atoms with E-state index in [1.165, 1.54) is 0 Å². The number of hydrogen-bond donors (Lipinski definition) is 1. The molecule has 0 aliphatic carbocycles.